The van der Waals surface area contributed by atoms with Gasteiger partial charge in [0.2, 0.25) is 0 Å². The molecule has 0 aromatic heterocycles. The van der Waals surface area contributed by atoms with E-state index in [9.17, 15) is 4.79 Å². The molecule has 0 rings (SSSR count). The quantitative estimate of drug-likeness (QED) is 0.506. The lowest BCUT2D eigenvalue weighted by Crippen LogP contribution is -2.11. The zero-order valence-corrected chi connectivity index (χ0v) is 8.58. The highest BCUT2D eigenvalue weighted by molar-refractivity contribution is 5.59. The van der Waals surface area contributed by atoms with Crippen molar-refractivity contribution >= 4 is 6.16 Å². The summed E-state index contributed by atoms with van der Waals surface area (Å²) in [7, 11) is 0. The highest BCUT2D eigenvalue weighted by atomic mass is 16.7. The number of carbonyl (C=O) groups is 1. The highest BCUT2D eigenvalue weighted by Crippen LogP contribution is 1.94. The number of hydrogen-bond acceptors (Lipinski definition) is 3. The monoisotopic (exact) mass is 202 g/mol. The number of ether oxygens (including phenoxy) is 2. The van der Waals surface area contributed by atoms with E-state index in [0.29, 0.717) is 19.1 Å². The normalized spacial score (nSPS) is 10.0. The van der Waals surface area contributed by atoms with E-state index in [0.717, 1.165) is 6.42 Å². The molecule has 0 aliphatic rings. The molecule has 14 heavy (non-hydrogen) atoms. The van der Waals surface area contributed by atoms with E-state index in [1.54, 1.807) is 6.08 Å². The van der Waals surface area contributed by atoms with Crippen LogP contribution < -0.4 is 0 Å². The molecule has 0 aromatic rings. The maximum absolute atomic E-state index is 10.8. The molecule has 0 heterocycles. The van der Waals surface area contributed by atoms with Gasteiger partial charge in [-0.25, -0.2) is 4.79 Å². The van der Waals surface area contributed by atoms with Crippen molar-refractivity contribution in [3.8, 4) is 0 Å². The molecule has 0 N–H and O–H groups in total. The van der Waals surface area contributed by atoms with E-state index >= 15 is 0 Å². The number of hydrogen-bond donors (Lipinski definition) is 0. The van der Waals surface area contributed by atoms with Crippen molar-refractivity contribution in [1.29, 1.82) is 0 Å². The molecule has 0 amide bonds. The fourth-order valence-electron chi connectivity index (χ4n) is 0.627. The summed E-state index contributed by atoms with van der Waals surface area (Å²) in [6, 6.07) is 0. The van der Waals surface area contributed by atoms with Crippen LogP contribution in [-0.2, 0) is 9.47 Å². The van der Waals surface area contributed by atoms with E-state index in [1.165, 1.54) is 0 Å². The maximum Gasteiger partial charge on any atom is 0.508 e. The molecule has 0 fully saturated rings. The third-order valence-corrected chi connectivity index (χ3v) is 1.23. The minimum absolute atomic E-state index is 0. The molecule has 0 spiro atoms. The van der Waals surface area contributed by atoms with Crippen molar-refractivity contribution in [2.24, 2.45) is 5.92 Å². The summed E-state index contributed by atoms with van der Waals surface area (Å²) in [5.41, 5.74) is 0. The van der Waals surface area contributed by atoms with Gasteiger partial charge in [-0.3, -0.25) is 0 Å². The Balaban J connectivity index is 0. The third-order valence-electron chi connectivity index (χ3n) is 1.23. The van der Waals surface area contributed by atoms with Crippen LogP contribution in [0.3, 0.4) is 0 Å². The van der Waals surface area contributed by atoms with Crippen LogP contribution in [-0.4, -0.2) is 19.4 Å². The molecule has 0 radical (unpaired) electrons. The second-order valence-electron chi connectivity index (χ2n) is 3.15. The molecule has 84 valence electrons. The molecular formula is C11H22O3. The van der Waals surface area contributed by atoms with Crippen LogP contribution in [0.5, 0.6) is 0 Å². The van der Waals surface area contributed by atoms with Gasteiger partial charge < -0.3 is 9.47 Å². The Kier molecular flexibility index (Phi) is 11.2. The number of rotatable bonds is 5. The van der Waals surface area contributed by atoms with Crippen LogP contribution >= 0.6 is 0 Å². The smallest absolute Gasteiger partial charge is 0.434 e. The van der Waals surface area contributed by atoms with Crippen LogP contribution in [0, 0.1) is 5.92 Å². The summed E-state index contributed by atoms with van der Waals surface area (Å²) < 4.78 is 9.54. The van der Waals surface area contributed by atoms with Gasteiger partial charge in [-0.1, -0.05) is 40.3 Å². The molecule has 0 bridgehead atoms. The van der Waals surface area contributed by atoms with Crippen molar-refractivity contribution in [3.63, 3.8) is 0 Å². The van der Waals surface area contributed by atoms with Crippen molar-refractivity contribution in [1.82, 2.24) is 0 Å². The minimum atomic E-state index is -0.588. The van der Waals surface area contributed by atoms with Gasteiger partial charge in [-0.15, -0.1) is 0 Å². The number of carbonyl (C=O) groups excluding carboxylic acids is 1. The molecule has 0 saturated heterocycles. The first-order valence-corrected chi connectivity index (χ1v) is 4.61. The van der Waals surface area contributed by atoms with E-state index in [2.05, 4.69) is 0 Å². The standard InChI is InChI=1S/C10H18O3.CH4/c1-4-5-6-7-12-10(11)13-8-9(2)3;/h5-6,9H,4,7-8H2,1-3H3;1H4/b6-5+;. The first-order chi connectivity index (χ1) is 6.16. The lowest BCUT2D eigenvalue weighted by Gasteiger charge is -2.05. The molecule has 3 heteroatoms. The second kappa shape index (κ2) is 10.1. The van der Waals surface area contributed by atoms with Crippen molar-refractivity contribution < 1.29 is 14.3 Å². The lowest BCUT2D eigenvalue weighted by molar-refractivity contribution is 0.0550. The molecule has 0 saturated carbocycles. The highest BCUT2D eigenvalue weighted by Gasteiger charge is 2.02. The van der Waals surface area contributed by atoms with E-state index in [1.807, 2.05) is 26.8 Å². The van der Waals surface area contributed by atoms with Gasteiger partial charge in [0.1, 0.15) is 6.61 Å². The topological polar surface area (TPSA) is 35.5 Å². The van der Waals surface area contributed by atoms with E-state index < -0.39 is 6.16 Å². The fourth-order valence-corrected chi connectivity index (χ4v) is 0.627. The van der Waals surface area contributed by atoms with Gasteiger partial charge in [0.25, 0.3) is 0 Å². The second-order valence-corrected chi connectivity index (χ2v) is 3.15. The van der Waals surface area contributed by atoms with Crippen LogP contribution in [0.15, 0.2) is 12.2 Å². The summed E-state index contributed by atoms with van der Waals surface area (Å²) in [5, 5.41) is 0. The summed E-state index contributed by atoms with van der Waals surface area (Å²) in [5.74, 6) is 0.346. The van der Waals surface area contributed by atoms with Crippen molar-refractivity contribution in [2.75, 3.05) is 13.2 Å². The van der Waals surface area contributed by atoms with Crippen LogP contribution in [0.25, 0.3) is 0 Å². The lowest BCUT2D eigenvalue weighted by atomic mass is 10.2. The predicted molar refractivity (Wildman–Crippen MR) is 58.3 cm³/mol. The molecule has 0 aliphatic carbocycles. The van der Waals surface area contributed by atoms with Crippen molar-refractivity contribution in [2.45, 2.75) is 34.6 Å². The summed E-state index contributed by atoms with van der Waals surface area (Å²) >= 11 is 0. The zero-order valence-electron chi connectivity index (χ0n) is 8.58. The molecule has 0 atom stereocenters. The average molecular weight is 202 g/mol. The van der Waals surface area contributed by atoms with Crippen LogP contribution in [0.4, 0.5) is 4.79 Å². The maximum atomic E-state index is 10.8. The summed E-state index contributed by atoms with van der Waals surface area (Å²) in [4.78, 5) is 10.8. The van der Waals surface area contributed by atoms with Crippen molar-refractivity contribution in [3.05, 3.63) is 12.2 Å². The third kappa shape index (κ3) is 11.0. The molecule has 0 aliphatic heterocycles. The Morgan fingerprint density at radius 2 is 1.93 bits per heavy atom. The Bertz CT molecular complexity index is 162. The molecular weight excluding hydrogens is 180 g/mol. The van der Waals surface area contributed by atoms with Gasteiger partial charge in [0, 0.05) is 0 Å². The van der Waals surface area contributed by atoms with Gasteiger partial charge in [0.15, 0.2) is 0 Å². The first-order valence-electron chi connectivity index (χ1n) is 4.61. The first kappa shape index (κ1) is 15.5. The molecule has 0 aromatic carbocycles. The molecule has 3 nitrogen and oxygen atoms in total. The van der Waals surface area contributed by atoms with Gasteiger partial charge in [0.05, 0.1) is 6.61 Å². The van der Waals surface area contributed by atoms with E-state index in [4.69, 9.17) is 9.47 Å². The fraction of sp³-hybridized carbons (Fsp3) is 0.727. The number of allylic oxidation sites excluding steroid dienone is 1. The summed E-state index contributed by atoms with van der Waals surface area (Å²) in [6.07, 6.45) is 4.10. The largest absolute Gasteiger partial charge is 0.508 e. The SMILES string of the molecule is C.CC/C=C/COC(=O)OCC(C)C. The van der Waals surface area contributed by atoms with E-state index in [-0.39, 0.29) is 7.43 Å². The Labute approximate surface area is 87.1 Å². The van der Waals surface area contributed by atoms with Gasteiger partial charge in [-0.05, 0) is 12.3 Å². The molecule has 0 unspecified atom stereocenters. The van der Waals surface area contributed by atoms with Gasteiger partial charge in [-0.2, -0.15) is 0 Å². The van der Waals surface area contributed by atoms with Crippen LogP contribution in [0.2, 0.25) is 0 Å². The Morgan fingerprint density at radius 3 is 2.43 bits per heavy atom. The minimum Gasteiger partial charge on any atom is -0.434 e. The Hall–Kier alpha value is -0.990. The predicted octanol–water partition coefficient (Wildman–Crippen LogP) is 3.40. The van der Waals surface area contributed by atoms with Crippen LogP contribution in [0.1, 0.15) is 34.6 Å². The average Bonchev–Trinajstić information content (AvgIpc) is 2.09. The summed E-state index contributed by atoms with van der Waals surface area (Å²) in [6.45, 7) is 6.68. The zero-order chi connectivity index (χ0) is 10.1. The Morgan fingerprint density at radius 1 is 1.29 bits per heavy atom. The van der Waals surface area contributed by atoms with Gasteiger partial charge >= 0.3 is 6.16 Å².